The van der Waals surface area contributed by atoms with Crippen molar-refractivity contribution in [3.63, 3.8) is 0 Å². The molecule has 2 aliphatic heterocycles. The van der Waals surface area contributed by atoms with Gasteiger partial charge < -0.3 is 5.32 Å². The van der Waals surface area contributed by atoms with Gasteiger partial charge in [-0.25, -0.2) is 4.79 Å². The van der Waals surface area contributed by atoms with Crippen molar-refractivity contribution in [2.75, 3.05) is 5.75 Å². The van der Waals surface area contributed by atoms with Gasteiger partial charge in [-0.05, 0) is 18.6 Å². The van der Waals surface area contributed by atoms with Gasteiger partial charge in [0, 0.05) is 5.25 Å². The molecule has 2 atom stereocenters. The number of nitrogens with one attached hydrogen (secondary N) is 3. The summed E-state index contributed by atoms with van der Waals surface area (Å²) in [4.78, 5) is 11.1. The summed E-state index contributed by atoms with van der Waals surface area (Å²) in [7, 11) is 0. The van der Waals surface area contributed by atoms with E-state index < -0.39 is 5.54 Å². The summed E-state index contributed by atoms with van der Waals surface area (Å²) in [5.74, 6) is 1.48. The first-order valence-corrected chi connectivity index (χ1v) is 5.50. The first-order valence-electron chi connectivity index (χ1n) is 4.45. The molecule has 2 unspecified atom stereocenters. The highest BCUT2D eigenvalue weighted by atomic mass is 32.2. The Morgan fingerprint density at radius 2 is 2.46 bits per heavy atom. The van der Waals surface area contributed by atoms with Gasteiger partial charge in [-0.3, -0.25) is 10.7 Å². The van der Waals surface area contributed by atoms with Gasteiger partial charge >= 0.3 is 6.03 Å². The van der Waals surface area contributed by atoms with Crippen LogP contribution >= 0.6 is 11.8 Å². The lowest BCUT2D eigenvalue weighted by Gasteiger charge is -2.37. The van der Waals surface area contributed by atoms with Crippen LogP contribution in [0.15, 0.2) is 0 Å². The summed E-state index contributed by atoms with van der Waals surface area (Å²) in [5, 5.41) is 13.4. The molecule has 2 saturated heterocycles. The van der Waals surface area contributed by atoms with Crippen molar-refractivity contribution in [2.45, 2.75) is 30.6 Å². The Labute approximate surface area is 81.4 Å². The number of urea groups is 1. The second-order valence-corrected chi connectivity index (χ2v) is 4.99. The lowest BCUT2D eigenvalue weighted by atomic mass is 9.89. The molecule has 1 spiro atoms. The smallest absolute Gasteiger partial charge is 0.321 e. The first kappa shape index (κ1) is 8.87. The molecule has 72 valence electrons. The van der Waals surface area contributed by atoms with Crippen LogP contribution in [0.5, 0.6) is 0 Å². The third kappa shape index (κ3) is 1.22. The molecule has 0 aromatic carbocycles. The van der Waals surface area contributed by atoms with Crippen LogP contribution in [0.1, 0.15) is 19.8 Å². The average molecular weight is 199 g/mol. The molecule has 0 aromatic heterocycles. The quantitative estimate of drug-likeness (QED) is 0.543. The first-order chi connectivity index (χ1) is 6.15. The summed E-state index contributed by atoms with van der Waals surface area (Å²) in [5.41, 5.74) is -0.403. The number of carbonyl (C=O) groups excluding carboxylic acids is 1. The number of amides is 2. The predicted octanol–water partition coefficient (Wildman–Crippen LogP) is 0.931. The maximum Gasteiger partial charge on any atom is 0.321 e. The average Bonchev–Trinajstić information content (AvgIpc) is 2.35. The Morgan fingerprint density at radius 3 is 3.00 bits per heavy atom. The van der Waals surface area contributed by atoms with Gasteiger partial charge in [0.1, 0.15) is 11.4 Å². The van der Waals surface area contributed by atoms with Crippen molar-refractivity contribution < 1.29 is 4.79 Å². The summed E-state index contributed by atoms with van der Waals surface area (Å²) in [6.07, 6.45) is 1.96. The largest absolute Gasteiger partial charge is 0.324 e. The van der Waals surface area contributed by atoms with Crippen molar-refractivity contribution >= 4 is 23.6 Å². The Bertz CT molecular complexity index is 268. The normalized spacial score (nSPS) is 39.0. The van der Waals surface area contributed by atoms with E-state index >= 15 is 0 Å². The molecule has 3 N–H and O–H groups in total. The molecular formula is C8H13N3OS. The lowest BCUT2D eigenvalue weighted by molar-refractivity contribution is 0.243. The highest BCUT2D eigenvalue weighted by Gasteiger charge is 2.48. The molecule has 2 heterocycles. The number of carbonyl (C=O) groups is 1. The summed E-state index contributed by atoms with van der Waals surface area (Å²) in [6, 6.07) is -0.223. The van der Waals surface area contributed by atoms with Gasteiger partial charge in [-0.1, -0.05) is 6.92 Å². The van der Waals surface area contributed by atoms with E-state index in [4.69, 9.17) is 5.41 Å². The van der Waals surface area contributed by atoms with E-state index in [1.54, 1.807) is 0 Å². The molecule has 0 saturated carbocycles. The molecule has 2 fully saturated rings. The van der Waals surface area contributed by atoms with Crippen LogP contribution in [-0.2, 0) is 0 Å². The molecule has 0 bridgehead atoms. The Balaban J connectivity index is 2.26. The van der Waals surface area contributed by atoms with Crippen LogP contribution in [0.3, 0.4) is 0 Å². The fraction of sp³-hybridized carbons (Fsp3) is 0.750. The molecular weight excluding hydrogens is 186 g/mol. The summed E-state index contributed by atoms with van der Waals surface area (Å²) in [6.45, 7) is 2.08. The van der Waals surface area contributed by atoms with Crippen molar-refractivity contribution in [3.8, 4) is 0 Å². The van der Waals surface area contributed by atoms with E-state index in [0.717, 1.165) is 18.6 Å². The lowest BCUT2D eigenvalue weighted by Crippen LogP contribution is -2.55. The molecule has 0 aliphatic carbocycles. The molecule has 2 aliphatic rings. The summed E-state index contributed by atoms with van der Waals surface area (Å²) < 4.78 is 0. The number of amidine groups is 1. The third-order valence-corrected chi connectivity index (χ3v) is 4.23. The SMILES string of the molecule is CC1SCCCC12NC(=O)NC2=N. The van der Waals surface area contributed by atoms with Gasteiger partial charge in [-0.2, -0.15) is 11.8 Å². The van der Waals surface area contributed by atoms with Crippen LogP contribution in [0, 0.1) is 5.41 Å². The minimum absolute atomic E-state index is 0.223. The zero-order valence-electron chi connectivity index (χ0n) is 7.52. The van der Waals surface area contributed by atoms with Crippen LogP contribution in [0.2, 0.25) is 0 Å². The van der Waals surface area contributed by atoms with E-state index in [1.807, 2.05) is 11.8 Å². The molecule has 0 radical (unpaired) electrons. The molecule has 0 aromatic rings. The topological polar surface area (TPSA) is 65.0 Å². The number of thioether (sulfide) groups is 1. The number of hydrogen-bond acceptors (Lipinski definition) is 3. The van der Waals surface area contributed by atoms with E-state index in [2.05, 4.69) is 17.6 Å². The number of rotatable bonds is 0. The van der Waals surface area contributed by atoms with Gasteiger partial charge in [0.25, 0.3) is 0 Å². The van der Waals surface area contributed by atoms with Crippen molar-refractivity contribution in [1.29, 1.82) is 5.41 Å². The van der Waals surface area contributed by atoms with E-state index in [-0.39, 0.29) is 6.03 Å². The third-order valence-electron chi connectivity index (χ3n) is 2.80. The standard InChI is InChI=1S/C8H13N3OS/c1-5-8(3-2-4-13-5)6(9)10-7(12)11-8/h5H,2-4H2,1H3,(H3,9,10,11,12). The Hall–Kier alpha value is -0.710. The van der Waals surface area contributed by atoms with Gasteiger partial charge in [0.15, 0.2) is 0 Å². The number of hydrogen-bond donors (Lipinski definition) is 3. The van der Waals surface area contributed by atoms with Crippen molar-refractivity contribution in [1.82, 2.24) is 10.6 Å². The Morgan fingerprint density at radius 1 is 1.69 bits per heavy atom. The van der Waals surface area contributed by atoms with Gasteiger partial charge in [0.2, 0.25) is 0 Å². The second kappa shape index (κ2) is 2.90. The van der Waals surface area contributed by atoms with E-state index in [1.165, 1.54) is 0 Å². The molecule has 13 heavy (non-hydrogen) atoms. The fourth-order valence-electron chi connectivity index (χ4n) is 1.97. The highest BCUT2D eigenvalue weighted by Crippen LogP contribution is 2.35. The van der Waals surface area contributed by atoms with Gasteiger partial charge in [0.05, 0.1) is 0 Å². The van der Waals surface area contributed by atoms with Gasteiger partial charge in [-0.15, -0.1) is 0 Å². The summed E-state index contributed by atoms with van der Waals surface area (Å²) >= 11 is 1.82. The van der Waals surface area contributed by atoms with Crippen LogP contribution < -0.4 is 10.6 Å². The zero-order valence-corrected chi connectivity index (χ0v) is 8.33. The van der Waals surface area contributed by atoms with E-state index in [9.17, 15) is 4.79 Å². The fourth-order valence-corrected chi connectivity index (χ4v) is 3.21. The highest BCUT2D eigenvalue weighted by molar-refractivity contribution is 8.00. The van der Waals surface area contributed by atoms with Crippen LogP contribution in [0.25, 0.3) is 0 Å². The zero-order chi connectivity index (χ0) is 9.47. The van der Waals surface area contributed by atoms with Crippen molar-refractivity contribution in [3.05, 3.63) is 0 Å². The van der Waals surface area contributed by atoms with Crippen molar-refractivity contribution in [2.24, 2.45) is 0 Å². The molecule has 2 rings (SSSR count). The predicted molar refractivity (Wildman–Crippen MR) is 53.3 cm³/mol. The van der Waals surface area contributed by atoms with E-state index in [0.29, 0.717) is 11.1 Å². The minimum atomic E-state index is -0.403. The molecule has 2 amide bonds. The van der Waals surface area contributed by atoms with Crippen LogP contribution in [0.4, 0.5) is 4.79 Å². The molecule has 4 nitrogen and oxygen atoms in total. The molecule has 5 heteroatoms. The maximum atomic E-state index is 11.1. The second-order valence-electron chi connectivity index (χ2n) is 3.54. The Kier molecular flexibility index (Phi) is 1.98. The minimum Gasteiger partial charge on any atom is -0.324 e. The monoisotopic (exact) mass is 199 g/mol. The van der Waals surface area contributed by atoms with Crippen LogP contribution in [-0.4, -0.2) is 28.4 Å². The maximum absolute atomic E-state index is 11.1.